The van der Waals surface area contributed by atoms with Gasteiger partial charge in [0.25, 0.3) is 0 Å². The van der Waals surface area contributed by atoms with Gasteiger partial charge in [-0.05, 0) is 56.3 Å². The molecule has 0 aliphatic carbocycles. The molecule has 0 atom stereocenters. The zero-order valence-corrected chi connectivity index (χ0v) is 15.2. The maximum Gasteiger partial charge on any atom is 0.231 e. The van der Waals surface area contributed by atoms with Crippen LogP contribution in [-0.2, 0) is 0 Å². The normalized spacial score (nSPS) is 16.7. The molecule has 1 aromatic heterocycles. The van der Waals surface area contributed by atoms with Crippen LogP contribution in [0.15, 0.2) is 41.0 Å². The van der Waals surface area contributed by atoms with E-state index in [1.807, 2.05) is 0 Å². The highest BCUT2D eigenvalue weighted by atomic mass is 16.7. The Balaban J connectivity index is 1.48. The molecule has 0 unspecified atom stereocenters. The second-order valence-electron chi connectivity index (χ2n) is 6.67. The van der Waals surface area contributed by atoms with Gasteiger partial charge in [-0.25, -0.2) is 0 Å². The number of carbonyl (C=O) groups is 1. The predicted octanol–water partition coefficient (Wildman–Crippen LogP) is 3.77. The van der Waals surface area contributed by atoms with Gasteiger partial charge in [0, 0.05) is 12.6 Å². The van der Waals surface area contributed by atoms with Gasteiger partial charge in [0.1, 0.15) is 18.1 Å². The van der Waals surface area contributed by atoms with Crippen LogP contribution >= 0.6 is 0 Å². The van der Waals surface area contributed by atoms with Crippen molar-refractivity contribution < 1.29 is 23.4 Å². The van der Waals surface area contributed by atoms with Crippen LogP contribution < -0.4 is 14.2 Å². The standard InChI is InChI=1S/C21H23NO5/c23-18(7-6-16-5-4-11-24-16)17-13-20-21(27-15-26-20)14-19(17)25-12-10-22-8-2-1-3-9-22/h4-7,11,13-14H,1-3,8-10,12,15H2/b7-6+. The number of ether oxygens (including phenoxy) is 3. The van der Waals surface area contributed by atoms with Crippen LogP contribution in [0.25, 0.3) is 6.08 Å². The maximum atomic E-state index is 12.7. The number of piperidine rings is 1. The van der Waals surface area contributed by atoms with Gasteiger partial charge in [-0.1, -0.05) is 6.42 Å². The number of likely N-dealkylation sites (tertiary alicyclic amines) is 1. The molecular formula is C21H23NO5. The Morgan fingerprint density at radius 3 is 2.74 bits per heavy atom. The number of carbonyl (C=O) groups excluding carboxylic acids is 1. The molecule has 1 saturated heterocycles. The molecule has 0 spiro atoms. The van der Waals surface area contributed by atoms with Gasteiger partial charge in [-0.2, -0.15) is 0 Å². The van der Waals surface area contributed by atoms with Gasteiger partial charge >= 0.3 is 0 Å². The van der Waals surface area contributed by atoms with Gasteiger partial charge in [0.2, 0.25) is 6.79 Å². The largest absolute Gasteiger partial charge is 0.491 e. The van der Waals surface area contributed by atoms with Crippen molar-refractivity contribution in [1.82, 2.24) is 4.90 Å². The smallest absolute Gasteiger partial charge is 0.231 e. The van der Waals surface area contributed by atoms with Crippen LogP contribution in [0.2, 0.25) is 0 Å². The fraction of sp³-hybridized carbons (Fsp3) is 0.381. The van der Waals surface area contributed by atoms with E-state index in [1.165, 1.54) is 25.3 Å². The molecule has 3 heterocycles. The van der Waals surface area contributed by atoms with Crippen LogP contribution in [0.3, 0.4) is 0 Å². The summed E-state index contributed by atoms with van der Waals surface area (Å²) in [5.74, 6) is 2.14. The van der Waals surface area contributed by atoms with Crippen molar-refractivity contribution in [1.29, 1.82) is 0 Å². The second kappa shape index (κ2) is 8.31. The zero-order chi connectivity index (χ0) is 18.5. The molecule has 0 radical (unpaired) electrons. The van der Waals surface area contributed by atoms with Crippen molar-refractivity contribution in [2.75, 3.05) is 33.0 Å². The van der Waals surface area contributed by atoms with E-state index in [0.29, 0.717) is 35.2 Å². The van der Waals surface area contributed by atoms with E-state index in [1.54, 1.807) is 36.6 Å². The summed E-state index contributed by atoms with van der Waals surface area (Å²) in [6, 6.07) is 7.00. The fourth-order valence-corrected chi connectivity index (χ4v) is 3.34. The molecule has 27 heavy (non-hydrogen) atoms. The van der Waals surface area contributed by atoms with Gasteiger partial charge in [0.05, 0.1) is 11.8 Å². The minimum absolute atomic E-state index is 0.155. The van der Waals surface area contributed by atoms with Crippen molar-refractivity contribution in [3.8, 4) is 17.2 Å². The molecule has 0 bridgehead atoms. The van der Waals surface area contributed by atoms with Crippen molar-refractivity contribution in [2.24, 2.45) is 0 Å². The number of nitrogens with zero attached hydrogens (tertiary/aromatic N) is 1. The van der Waals surface area contributed by atoms with Crippen LogP contribution in [0.4, 0.5) is 0 Å². The average molecular weight is 369 g/mol. The first-order chi connectivity index (χ1) is 13.3. The van der Waals surface area contributed by atoms with Crippen LogP contribution in [0.1, 0.15) is 35.4 Å². The molecule has 0 amide bonds. The molecule has 4 rings (SSSR count). The van der Waals surface area contributed by atoms with Crippen LogP contribution in [0.5, 0.6) is 17.2 Å². The molecule has 2 aliphatic rings. The second-order valence-corrected chi connectivity index (χ2v) is 6.67. The van der Waals surface area contributed by atoms with Crippen LogP contribution in [0, 0.1) is 0 Å². The lowest BCUT2D eigenvalue weighted by Crippen LogP contribution is -2.33. The van der Waals surface area contributed by atoms with Gasteiger partial charge in [0.15, 0.2) is 17.3 Å². The van der Waals surface area contributed by atoms with E-state index in [2.05, 4.69) is 4.90 Å². The minimum Gasteiger partial charge on any atom is -0.491 e. The lowest BCUT2D eigenvalue weighted by molar-refractivity contribution is 0.104. The summed E-state index contributed by atoms with van der Waals surface area (Å²) in [5.41, 5.74) is 0.459. The van der Waals surface area contributed by atoms with Crippen molar-refractivity contribution in [2.45, 2.75) is 19.3 Å². The Morgan fingerprint density at radius 2 is 1.96 bits per heavy atom. The maximum absolute atomic E-state index is 12.7. The first kappa shape index (κ1) is 17.7. The monoisotopic (exact) mass is 369 g/mol. The quantitative estimate of drug-likeness (QED) is 0.547. The van der Waals surface area contributed by atoms with Gasteiger partial charge in [-0.3, -0.25) is 9.69 Å². The van der Waals surface area contributed by atoms with E-state index in [9.17, 15) is 4.79 Å². The highest BCUT2D eigenvalue weighted by Gasteiger charge is 2.21. The lowest BCUT2D eigenvalue weighted by Gasteiger charge is -2.26. The molecule has 6 heteroatoms. The SMILES string of the molecule is O=C(/C=C/c1ccco1)c1cc2c(cc1OCCN1CCCCC1)OCO2. The lowest BCUT2D eigenvalue weighted by atomic mass is 10.1. The summed E-state index contributed by atoms with van der Waals surface area (Å²) >= 11 is 0. The first-order valence-electron chi connectivity index (χ1n) is 9.34. The molecule has 6 nitrogen and oxygen atoms in total. The van der Waals surface area contributed by atoms with Crippen molar-refractivity contribution >= 4 is 11.9 Å². The number of hydrogen-bond donors (Lipinski definition) is 0. The number of hydrogen-bond acceptors (Lipinski definition) is 6. The Kier molecular flexibility index (Phi) is 5.44. The first-order valence-corrected chi connectivity index (χ1v) is 9.34. The van der Waals surface area contributed by atoms with Gasteiger partial charge in [-0.15, -0.1) is 0 Å². The van der Waals surface area contributed by atoms with Crippen molar-refractivity contribution in [3.05, 3.63) is 47.9 Å². The predicted molar refractivity (Wildman–Crippen MR) is 100 cm³/mol. The molecule has 2 aliphatic heterocycles. The zero-order valence-electron chi connectivity index (χ0n) is 15.2. The minimum atomic E-state index is -0.169. The topological polar surface area (TPSA) is 61.1 Å². The van der Waals surface area contributed by atoms with E-state index < -0.39 is 0 Å². The molecule has 142 valence electrons. The number of furan rings is 1. The highest BCUT2D eigenvalue weighted by molar-refractivity contribution is 6.09. The number of fused-ring (bicyclic) bond motifs is 1. The summed E-state index contributed by atoms with van der Waals surface area (Å²) in [6.07, 6.45) is 8.48. The molecule has 0 saturated carbocycles. The van der Waals surface area contributed by atoms with Gasteiger partial charge < -0.3 is 18.6 Å². The molecular weight excluding hydrogens is 346 g/mol. The Hall–Kier alpha value is -2.73. The highest BCUT2D eigenvalue weighted by Crippen LogP contribution is 2.38. The van der Waals surface area contributed by atoms with Crippen molar-refractivity contribution in [3.63, 3.8) is 0 Å². The molecule has 1 aromatic carbocycles. The number of rotatable bonds is 7. The third-order valence-corrected chi connectivity index (χ3v) is 4.80. The Bertz CT molecular complexity index is 806. The number of allylic oxidation sites excluding steroid dienone is 1. The molecule has 2 aromatic rings. The molecule has 0 N–H and O–H groups in total. The average Bonchev–Trinajstić information content (AvgIpc) is 3.37. The van der Waals surface area contributed by atoms with E-state index in [4.69, 9.17) is 18.6 Å². The Morgan fingerprint density at radius 1 is 1.15 bits per heavy atom. The summed E-state index contributed by atoms with van der Waals surface area (Å²) in [7, 11) is 0. The number of ketones is 1. The van der Waals surface area contributed by atoms with E-state index >= 15 is 0 Å². The summed E-state index contributed by atoms with van der Waals surface area (Å²) in [5, 5.41) is 0. The summed E-state index contributed by atoms with van der Waals surface area (Å²) in [6.45, 7) is 3.76. The van der Waals surface area contributed by atoms with E-state index in [0.717, 1.165) is 19.6 Å². The number of benzene rings is 1. The third-order valence-electron chi connectivity index (χ3n) is 4.80. The van der Waals surface area contributed by atoms with E-state index in [-0.39, 0.29) is 12.6 Å². The third kappa shape index (κ3) is 4.34. The fourth-order valence-electron chi connectivity index (χ4n) is 3.34. The summed E-state index contributed by atoms with van der Waals surface area (Å²) < 4.78 is 22.0. The Labute approximate surface area is 158 Å². The summed E-state index contributed by atoms with van der Waals surface area (Å²) in [4.78, 5) is 15.1. The van der Waals surface area contributed by atoms with Crippen LogP contribution in [-0.4, -0.2) is 43.7 Å². The molecule has 1 fully saturated rings.